The molecule has 0 fully saturated rings. The first-order chi connectivity index (χ1) is 17.5. The molecule has 1 aliphatic heterocycles. The molecule has 10 heteroatoms. The highest BCUT2D eigenvalue weighted by Gasteiger charge is 2.22. The van der Waals surface area contributed by atoms with E-state index in [0.29, 0.717) is 33.3 Å². The lowest BCUT2D eigenvalue weighted by Gasteiger charge is -2.15. The number of pyridine rings is 3. The molecule has 178 valence electrons. The van der Waals surface area contributed by atoms with Crippen LogP contribution in [0, 0.1) is 18.3 Å². The number of halogens is 2. The van der Waals surface area contributed by atoms with E-state index < -0.39 is 10.9 Å². The van der Waals surface area contributed by atoms with E-state index in [4.69, 9.17) is 32.9 Å². The van der Waals surface area contributed by atoms with Gasteiger partial charge in [-0.2, -0.15) is 15.5 Å². The molecule has 36 heavy (non-hydrogen) atoms. The van der Waals surface area contributed by atoms with E-state index in [1.54, 1.807) is 30.7 Å². The van der Waals surface area contributed by atoms with Crippen molar-refractivity contribution in [3.8, 4) is 11.8 Å². The highest BCUT2D eigenvalue weighted by atomic mass is 35.5. The third-order valence-corrected chi connectivity index (χ3v) is 6.42. The normalized spacial score (nSPS) is 14.6. The van der Waals surface area contributed by atoms with Crippen LogP contribution in [0.2, 0.25) is 5.02 Å². The van der Waals surface area contributed by atoms with Crippen LogP contribution in [0.4, 0.5) is 0 Å². The van der Waals surface area contributed by atoms with Crippen molar-refractivity contribution in [1.29, 1.82) is 5.26 Å². The molecule has 3 aromatic heterocycles. The van der Waals surface area contributed by atoms with Crippen molar-refractivity contribution < 1.29 is 4.74 Å². The Morgan fingerprint density at radius 2 is 2.08 bits per heavy atom. The maximum Gasteiger partial charge on any atom is 0.268 e. The standard InChI is InChI=1S/C26H18Cl2N6O2/c1-15-10-18(24-21(28)12-31-33-24)17-5-2-6-23(25(17)32-15)36-14-19-20(27)7-8-30-22(19)13-34-9-3-4-16(11-29)26(34)35/h2-10,12,21H,13-14H2,1H3. The van der Waals surface area contributed by atoms with Crippen LogP contribution in [0.3, 0.4) is 0 Å². The summed E-state index contributed by atoms with van der Waals surface area (Å²) >= 11 is 12.9. The molecule has 0 N–H and O–H groups in total. The summed E-state index contributed by atoms with van der Waals surface area (Å²) in [7, 11) is 0. The molecule has 0 aliphatic carbocycles. The Hall–Kier alpha value is -4.06. The highest BCUT2D eigenvalue weighted by molar-refractivity contribution is 6.44. The van der Waals surface area contributed by atoms with Crippen molar-refractivity contribution in [3.63, 3.8) is 0 Å². The molecular formula is C26H18Cl2N6O2. The molecule has 1 aliphatic rings. The van der Waals surface area contributed by atoms with Crippen LogP contribution >= 0.6 is 23.2 Å². The maximum atomic E-state index is 12.5. The number of nitrogens with zero attached hydrogens (tertiary/aromatic N) is 6. The lowest BCUT2D eigenvalue weighted by atomic mass is 10.0. The van der Waals surface area contributed by atoms with Gasteiger partial charge in [-0.25, -0.2) is 4.98 Å². The molecule has 0 saturated heterocycles. The van der Waals surface area contributed by atoms with Crippen molar-refractivity contribution in [2.45, 2.75) is 25.5 Å². The number of para-hydroxylation sites is 1. The Morgan fingerprint density at radius 3 is 2.86 bits per heavy atom. The van der Waals surface area contributed by atoms with Crippen LogP contribution in [0.15, 0.2) is 69.9 Å². The van der Waals surface area contributed by atoms with Gasteiger partial charge in [-0.15, -0.1) is 11.6 Å². The van der Waals surface area contributed by atoms with E-state index in [2.05, 4.69) is 15.2 Å². The Balaban J connectivity index is 1.49. The zero-order valence-electron chi connectivity index (χ0n) is 19.0. The number of aryl methyl sites for hydroxylation is 1. The van der Waals surface area contributed by atoms with Gasteiger partial charge in [0.15, 0.2) is 0 Å². The molecule has 4 heterocycles. The first kappa shape index (κ1) is 23.7. The van der Waals surface area contributed by atoms with E-state index in [0.717, 1.165) is 16.6 Å². The van der Waals surface area contributed by atoms with Crippen molar-refractivity contribution in [3.05, 3.63) is 98.3 Å². The Labute approximate surface area is 216 Å². The molecule has 0 amide bonds. The second-order valence-corrected chi connectivity index (χ2v) is 8.97. The van der Waals surface area contributed by atoms with Gasteiger partial charge in [-0.3, -0.25) is 9.78 Å². The number of rotatable bonds is 6. The molecule has 0 bridgehead atoms. The third kappa shape index (κ3) is 4.47. The predicted molar refractivity (Wildman–Crippen MR) is 139 cm³/mol. The van der Waals surface area contributed by atoms with E-state index in [9.17, 15) is 10.1 Å². The Morgan fingerprint density at radius 1 is 1.22 bits per heavy atom. The topological polar surface area (TPSA) is 106 Å². The third-order valence-electron chi connectivity index (χ3n) is 5.75. The van der Waals surface area contributed by atoms with Gasteiger partial charge in [-0.1, -0.05) is 23.7 Å². The number of nitriles is 1. The quantitative estimate of drug-likeness (QED) is 0.347. The van der Waals surface area contributed by atoms with Gasteiger partial charge in [-0.05, 0) is 37.3 Å². The highest BCUT2D eigenvalue weighted by Crippen LogP contribution is 2.31. The second kappa shape index (κ2) is 9.90. The summed E-state index contributed by atoms with van der Waals surface area (Å²) in [6, 6.07) is 14.3. The lowest BCUT2D eigenvalue weighted by Crippen LogP contribution is -2.23. The zero-order chi connectivity index (χ0) is 25.2. The number of hydrogen-bond acceptors (Lipinski definition) is 7. The van der Waals surface area contributed by atoms with Gasteiger partial charge in [0.2, 0.25) is 0 Å². The van der Waals surface area contributed by atoms with Gasteiger partial charge < -0.3 is 9.30 Å². The van der Waals surface area contributed by atoms with Crippen molar-refractivity contribution in [2.24, 2.45) is 10.2 Å². The largest absolute Gasteiger partial charge is 0.486 e. The van der Waals surface area contributed by atoms with Gasteiger partial charge in [0.25, 0.3) is 5.56 Å². The fourth-order valence-corrected chi connectivity index (χ4v) is 4.45. The molecule has 1 aromatic carbocycles. The molecule has 0 spiro atoms. The SMILES string of the molecule is Cc1cc(C2=NN=CC2Cl)c2cccc(OCc3c(Cl)ccnc3Cn3cccc(C#N)c3=O)c2n1. The molecule has 0 saturated carbocycles. The van der Waals surface area contributed by atoms with Crippen molar-refractivity contribution in [1.82, 2.24) is 14.5 Å². The summed E-state index contributed by atoms with van der Waals surface area (Å²) in [4.78, 5) is 21.7. The fourth-order valence-electron chi connectivity index (χ4n) is 4.02. The monoisotopic (exact) mass is 516 g/mol. The summed E-state index contributed by atoms with van der Waals surface area (Å²) in [5.41, 5.74) is 3.80. The van der Waals surface area contributed by atoms with Gasteiger partial charge in [0, 0.05) is 34.6 Å². The molecule has 0 radical (unpaired) electrons. The van der Waals surface area contributed by atoms with Gasteiger partial charge in [0.05, 0.1) is 29.2 Å². The van der Waals surface area contributed by atoms with Crippen LogP contribution in [0.5, 0.6) is 5.75 Å². The number of aromatic nitrogens is 3. The van der Waals surface area contributed by atoms with Crippen LogP contribution < -0.4 is 10.3 Å². The van der Waals surface area contributed by atoms with E-state index >= 15 is 0 Å². The smallest absolute Gasteiger partial charge is 0.268 e. The van der Waals surface area contributed by atoms with E-state index in [-0.39, 0.29) is 18.7 Å². The average Bonchev–Trinajstić information content (AvgIpc) is 3.30. The summed E-state index contributed by atoms with van der Waals surface area (Å²) in [6.45, 7) is 2.13. The van der Waals surface area contributed by atoms with Gasteiger partial charge in [0.1, 0.15) is 34.9 Å². The minimum absolute atomic E-state index is 0.0572. The van der Waals surface area contributed by atoms with Crippen molar-refractivity contribution in [2.75, 3.05) is 0 Å². The minimum atomic E-state index is -0.417. The zero-order valence-corrected chi connectivity index (χ0v) is 20.5. The Kier molecular flexibility index (Phi) is 6.51. The second-order valence-electron chi connectivity index (χ2n) is 8.09. The minimum Gasteiger partial charge on any atom is -0.486 e. The molecule has 8 nitrogen and oxygen atoms in total. The van der Waals surface area contributed by atoms with E-state index in [1.165, 1.54) is 10.6 Å². The Bertz CT molecular complexity index is 1660. The summed E-state index contributed by atoms with van der Waals surface area (Å²) < 4.78 is 7.63. The number of alkyl halides is 1. The molecule has 5 rings (SSSR count). The average molecular weight is 517 g/mol. The number of ether oxygens (including phenoxy) is 1. The predicted octanol–water partition coefficient (Wildman–Crippen LogP) is 4.65. The first-order valence-corrected chi connectivity index (χ1v) is 11.8. The number of fused-ring (bicyclic) bond motifs is 1. The molecular weight excluding hydrogens is 499 g/mol. The summed E-state index contributed by atoms with van der Waals surface area (Å²) in [5.74, 6) is 0.553. The van der Waals surface area contributed by atoms with Crippen molar-refractivity contribution >= 4 is 46.0 Å². The van der Waals surface area contributed by atoms with E-state index in [1.807, 2.05) is 37.3 Å². The summed E-state index contributed by atoms with van der Waals surface area (Å²) in [6.07, 6.45) is 4.76. The molecule has 1 unspecified atom stereocenters. The number of benzene rings is 1. The first-order valence-electron chi connectivity index (χ1n) is 11.0. The molecule has 4 aromatic rings. The van der Waals surface area contributed by atoms with Crippen LogP contribution in [-0.2, 0) is 13.2 Å². The van der Waals surface area contributed by atoms with Crippen LogP contribution in [0.1, 0.15) is 28.1 Å². The number of hydrogen-bond donors (Lipinski definition) is 0. The fraction of sp³-hybridized carbons (Fsp3) is 0.154. The van der Waals surface area contributed by atoms with Crippen LogP contribution in [0.25, 0.3) is 10.9 Å². The van der Waals surface area contributed by atoms with Crippen LogP contribution in [-0.4, -0.2) is 31.8 Å². The summed E-state index contributed by atoms with van der Waals surface area (Å²) in [5, 5.41) is 18.2. The lowest BCUT2D eigenvalue weighted by molar-refractivity contribution is 0.307. The van der Waals surface area contributed by atoms with Gasteiger partial charge >= 0.3 is 0 Å². The molecule has 1 atom stereocenters. The maximum absolute atomic E-state index is 12.5.